The minimum absolute atomic E-state index is 0.338. The van der Waals surface area contributed by atoms with E-state index in [4.69, 9.17) is 0 Å². The monoisotopic (exact) mass is 194 g/mol. The first-order valence-electron chi connectivity index (χ1n) is 5.80. The van der Waals surface area contributed by atoms with Crippen LogP contribution in [0.4, 0.5) is 0 Å². The van der Waals surface area contributed by atoms with Crippen molar-refractivity contribution < 1.29 is 4.79 Å². The summed E-state index contributed by atoms with van der Waals surface area (Å²) in [5.41, 5.74) is 1.21. The molecule has 0 saturated heterocycles. The van der Waals surface area contributed by atoms with E-state index in [0.29, 0.717) is 11.7 Å². The molecule has 0 N–H and O–H groups in total. The average molecular weight is 194 g/mol. The van der Waals surface area contributed by atoms with Gasteiger partial charge in [-0.1, -0.05) is 18.9 Å². The fourth-order valence-corrected chi connectivity index (χ4v) is 2.27. The summed E-state index contributed by atoms with van der Waals surface area (Å²) in [6.07, 6.45) is 6.36. The predicted molar refractivity (Wildman–Crippen MR) is 60.2 cm³/mol. The predicted octanol–water partition coefficient (Wildman–Crippen LogP) is 3.74. The molecule has 0 radical (unpaired) electrons. The lowest BCUT2D eigenvalue weighted by Crippen LogP contribution is -2.24. The van der Waals surface area contributed by atoms with Crippen molar-refractivity contribution in [2.75, 3.05) is 0 Å². The number of carbonyl (C=O) groups is 1. The molecule has 2 atom stereocenters. The Bertz CT molecular complexity index is 217. The first-order valence-corrected chi connectivity index (χ1v) is 5.80. The third-order valence-corrected chi connectivity index (χ3v) is 3.37. The summed E-state index contributed by atoms with van der Waals surface area (Å²) < 4.78 is 0. The number of carbonyl (C=O) groups excluding carboxylic acids is 1. The van der Waals surface area contributed by atoms with Gasteiger partial charge in [-0.3, -0.25) is 4.79 Å². The van der Waals surface area contributed by atoms with Crippen molar-refractivity contribution in [2.45, 2.75) is 52.4 Å². The molecule has 14 heavy (non-hydrogen) atoms. The largest absolute Gasteiger partial charge is 0.299 e. The van der Waals surface area contributed by atoms with Gasteiger partial charge in [0.2, 0.25) is 0 Å². The highest BCUT2D eigenvalue weighted by molar-refractivity contribution is 5.81. The lowest BCUT2D eigenvalue weighted by atomic mass is 9.77. The van der Waals surface area contributed by atoms with Crippen LogP contribution in [-0.4, -0.2) is 5.78 Å². The van der Waals surface area contributed by atoms with Gasteiger partial charge in [0.05, 0.1) is 0 Å². The molecule has 0 aliphatic heterocycles. The molecule has 0 aromatic carbocycles. The minimum Gasteiger partial charge on any atom is -0.299 e. The lowest BCUT2D eigenvalue weighted by molar-refractivity contribution is -0.125. The van der Waals surface area contributed by atoms with Crippen molar-refractivity contribution in [3.63, 3.8) is 0 Å². The third-order valence-electron chi connectivity index (χ3n) is 3.37. The maximum absolute atomic E-state index is 11.6. The second-order valence-electron chi connectivity index (χ2n) is 4.71. The zero-order valence-electron chi connectivity index (χ0n) is 9.51. The van der Waals surface area contributed by atoms with Crippen LogP contribution >= 0.6 is 0 Å². The van der Waals surface area contributed by atoms with Crippen LogP contribution in [0, 0.1) is 11.8 Å². The highest BCUT2D eigenvalue weighted by Gasteiger charge is 2.26. The number of hydrogen-bond donors (Lipinski definition) is 0. The van der Waals surface area contributed by atoms with Crippen molar-refractivity contribution in [1.82, 2.24) is 0 Å². The van der Waals surface area contributed by atoms with Gasteiger partial charge in [-0.25, -0.2) is 0 Å². The van der Waals surface area contributed by atoms with Gasteiger partial charge in [0.15, 0.2) is 0 Å². The number of ketones is 1. The molecule has 80 valence electrons. The summed E-state index contributed by atoms with van der Waals surface area (Å²) in [5, 5.41) is 0. The fraction of sp³-hybridized carbons (Fsp3) is 0.769. The summed E-state index contributed by atoms with van der Waals surface area (Å²) in [6, 6.07) is 0. The van der Waals surface area contributed by atoms with E-state index in [9.17, 15) is 4.79 Å². The van der Waals surface area contributed by atoms with E-state index in [1.54, 1.807) is 0 Å². The Morgan fingerprint density at radius 1 is 1.57 bits per heavy atom. The standard InChI is InChI=1S/C13H22O/c1-4-11-6-8-13(14)12(9-11)7-5-10(2)3/h11-12H,2,4-9H2,1,3H3. The zero-order valence-corrected chi connectivity index (χ0v) is 9.51. The van der Waals surface area contributed by atoms with Gasteiger partial charge in [-0.2, -0.15) is 0 Å². The SMILES string of the molecule is C=C(C)CCC1CC(CC)CCC1=O. The molecule has 0 aromatic rings. The summed E-state index contributed by atoms with van der Waals surface area (Å²) >= 11 is 0. The van der Waals surface area contributed by atoms with Gasteiger partial charge in [0.1, 0.15) is 5.78 Å². The topological polar surface area (TPSA) is 17.1 Å². The molecule has 1 saturated carbocycles. The molecule has 1 aliphatic carbocycles. The molecule has 0 spiro atoms. The number of Topliss-reactive ketones (excluding diaryl/α,β-unsaturated/α-hetero) is 1. The first-order chi connectivity index (χ1) is 6.63. The van der Waals surface area contributed by atoms with Gasteiger partial charge in [0, 0.05) is 12.3 Å². The van der Waals surface area contributed by atoms with Gasteiger partial charge in [-0.05, 0) is 38.5 Å². The summed E-state index contributed by atoms with van der Waals surface area (Å²) in [6.45, 7) is 8.17. The van der Waals surface area contributed by atoms with E-state index in [1.807, 2.05) is 6.92 Å². The van der Waals surface area contributed by atoms with Crippen molar-refractivity contribution in [2.24, 2.45) is 11.8 Å². The molecule has 1 aliphatic rings. The van der Waals surface area contributed by atoms with Crippen LogP contribution in [0.15, 0.2) is 12.2 Å². The summed E-state index contributed by atoms with van der Waals surface area (Å²) in [4.78, 5) is 11.6. The van der Waals surface area contributed by atoms with Crippen molar-refractivity contribution in [1.29, 1.82) is 0 Å². The molecule has 0 amide bonds. The Morgan fingerprint density at radius 3 is 2.86 bits per heavy atom. The maximum atomic E-state index is 11.6. The van der Waals surface area contributed by atoms with Gasteiger partial charge < -0.3 is 0 Å². The van der Waals surface area contributed by atoms with Crippen molar-refractivity contribution in [3.8, 4) is 0 Å². The quantitative estimate of drug-likeness (QED) is 0.623. The minimum atomic E-state index is 0.338. The fourth-order valence-electron chi connectivity index (χ4n) is 2.27. The molecule has 2 unspecified atom stereocenters. The van der Waals surface area contributed by atoms with Crippen LogP contribution in [0.2, 0.25) is 0 Å². The Labute approximate surface area is 87.6 Å². The Hall–Kier alpha value is -0.590. The van der Waals surface area contributed by atoms with E-state index in [1.165, 1.54) is 12.0 Å². The smallest absolute Gasteiger partial charge is 0.136 e. The number of allylic oxidation sites excluding steroid dienone is 1. The number of rotatable bonds is 4. The van der Waals surface area contributed by atoms with Gasteiger partial charge in [-0.15, -0.1) is 6.58 Å². The van der Waals surface area contributed by atoms with E-state index in [-0.39, 0.29) is 0 Å². The second-order valence-corrected chi connectivity index (χ2v) is 4.71. The van der Waals surface area contributed by atoms with Crippen molar-refractivity contribution >= 4 is 5.78 Å². The van der Waals surface area contributed by atoms with Crippen LogP contribution in [0.1, 0.15) is 52.4 Å². The summed E-state index contributed by atoms with van der Waals surface area (Å²) in [5.74, 6) is 1.63. The zero-order chi connectivity index (χ0) is 10.6. The Kier molecular flexibility index (Phi) is 4.37. The maximum Gasteiger partial charge on any atom is 0.136 e. The van der Waals surface area contributed by atoms with Crippen LogP contribution in [-0.2, 0) is 4.79 Å². The third kappa shape index (κ3) is 3.28. The van der Waals surface area contributed by atoms with Crippen LogP contribution in [0.25, 0.3) is 0 Å². The lowest BCUT2D eigenvalue weighted by Gasteiger charge is -2.27. The Balaban J connectivity index is 2.40. The molecular formula is C13H22O. The van der Waals surface area contributed by atoms with E-state index in [0.717, 1.165) is 38.0 Å². The molecule has 1 heteroatoms. The molecule has 1 nitrogen and oxygen atoms in total. The van der Waals surface area contributed by atoms with Crippen LogP contribution in [0.5, 0.6) is 0 Å². The molecule has 1 rings (SSSR count). The average Bonchev–Trinajstić information content (AvgIpc) is 2.16. The van der Waals surface area contributed by atoms with Crippen LogP contribution < -0.4 is 0 Å². The van der Waals surface area contributed by atoms with E-state index in [2.05, 4.69) is 13.5 Å². The number of hydrogen-bond acceptors (Lipinski definition) is 1. The normalized spacial score (nSPS) is 27.7. The molecule has 0 heterocycles. The molecular weight excluding hydrogens is 172 g/mol. The van der Waals surface area contributed by atoms with Crippen molar-refractivity contribution in [3.05, 3.63) is 12.2 Å². The van der Waals surface area contributed by atoms with Gasteiger partial charge >= 0.3 is 0 Å². The van der Waals surface area contributed by atoms with Gasteiger partial charge in [0.25, 0.3) is 0 Å². The van der Waals surface area contributed by atoms with E-state index >= 15 is 0 Å². The Morgan fingerprint density at radius 2 is 2.29 bits per heavy atom. The molecule has 0 aromatic heterocycles. The second kappa shape index (κ2) is 5.33. The highest BCUT2D eigenvalue weighted by atomic mass is 16.1. The van der Waals surface area contributed by atoms with Crippen LogP contribution in [0.3, 0.4) is 0 Å². The molecule has 0 bridgehead atoms. The summed E-state index contributed by atoms with van der Waals surface area (Å²) in [7, 11) is 0. The first kappa shape index (κ1) is 11.5. The van der Waals surface area contributed by atoms with E-state index < -0.39 is 0 Å². The highest BCUT2D eigenvalue weighted by Crippen LogP contribution is 2.31. The molecule has 1 fully saturated rings.